The first kappa shape index (κ1) is 20.1. The van der Waals surface area contributed by atoms with Gasteiger partial charge in [0.1, 0.15) is 6.04 Å². The van der Waals surface area contributed by atoms with Crippen LogP contribution in [0.4, 0.5) is 10.5 Å². The fourth-order valence-corrected chi connectivity index (χ4v) is 2.81. The summed E-state index contributed by atoms with van der Waals surface area (Å²) in [5, 5.41) is 4.95. The van der Waals surface area contributed by atoms with Gasteiger partial charge in [-0.1, -0.05) is 42.5 Å². The summed E-state index contributed by atoms with van der Waals surface area (Å²) in [7, 11) is 1.64. The minimum absolute atomic E-state index is 0.0425. The molecular formula is C20H24N4O3. The lowest BCUT2D eigenvalue weighted by atomic mass is 10.0. The summed E-state index contributed by atoms with van der Waals surface area (Å²) >= 11 is 0. The number of hydrogen-bond donors (Lipinski definition) is 3. The number of urea groups is 1. The number of aryl methyl sites for hydroxylation is 2. The summed E-state index contributed by atoms with van der Waals surface area (Å²) in [4.78, 5) is 37.6. The second kappa shape index (κ2) is 8.95. The van der Waals surface area contributed by atoms with E-state index in [-0.39, 0.29) is 12.5 Å². The van der Waals surface area contributed by atoms with Crippen molar-refractivity contribution >= 4 is 23.5 Å². The van der Waals surface area contributed by atoms with E-state index >= 15 is 0 Å². The molecule has 0 saturated carbocycles. The Morgan fingerprint density at radius 2 is 1.74 bits per heavy atom. The zero-order valence-electron chi connectivity index (χ0n) is 15.7. The van der Waals surface area contributed by atoms with Crippen molar-refractivity contribution in [2.45, 2.75) is 19.9 Å². The van der Waals surface area contributed by atoms with Gasteiger partial charge < -0.3 is 11.1 Å². The van der Waals surface area contributed by atoms with Crippen molar-refractivity contribution in [3.05, 3.63) is 65.2 Å². The molecule has 0 unspecified atom stereocenters. The van der Waals surface area contributed by atoms with Crippen LogP contribution in [0, 0.1) is 13.8 Å². The highest BCUT2D eigenvalue weighted by Crippen LogP contribution is 2.20. The SMILES string of the molecule is Cc1ccc(C)c(NC(=O)CN(C)[C@@H](C(=O)NC(N)=O)c2ccccc2)c1. The Kier molecular flexibility index (Phi) is 6.67. The van der Waals surface area contributed by atoms with Crippen molar-refractivity contribution < 1.29 is 14.4 Å². The van der Waals surface area contributed by atoms with E-state index in [1.165, 1.54) is 0 Å². The Hall–Kier alpha value is -3.19. The first-order valence-corrected chi connectivity index (χ1v) is 8.50. The minimum atomic E-state index is -0.936. The highest BCUT2D eigenvalue weighted by atomic mass is 16.2. The van der Waals surface area contributed by atoms with Crippen LogP contribution in [-0.4, -0.2) is 36.3 Å². The zero-order valence-corrected chi connectivity index (χ0v) is 15.7. The smallest absolute Gasteiger partial charge is 0.318 e. The van der Waals surface area contributed by atoms with Gasteiger partial charge in [-0.2, -0.15) is 0 Å². The zero-order chi connectivity index (χ0) is 20.0. The Balaban J connectivity index is 2.16. The Bertz CT molecular complexity index is 836. The third-order valence-electron chi connectivity index (χ3n) is 4.11. The second-order valence-corrected chi connectivity index (χ2v) is 6.45. The third kappa shape index (κ3) is 5.65. The topological polar surface area (TPSA) is 105 Å². The molecule has 142 valence electrons. The average molecular weight is 368 g/mol. The number of benzene rings is 2. The van der Waals surface area contributed by atoms with Crippen molar-refractivity contribution in [3.8, 4) is 0 Å². The van der Waals surface area contributed by atoms with E-state index in [4.69, 9.17) is 5.73 Å². The van der Waals surface area contributed by atoms with Gasteiger partial charge in [0, 0.05) is 5.69 Å². The van der Waals surface area contributed by atoms with E-state index in [0.29, 0.717) is 5.56 Å². The lowest BCUT2D eigenvalue weighted by molar-refractivity contribution is -0.126. The van der Waals surface area contributed by atoms with Crippen molar-refractivity contribution in [3.63, 3.8) is 0 Å². The molecule has 0 aromatic heterocycles. The van der Waals surface area contributed by atoms with Crippen molar-refractivity contribution in [2.75, 3.05) is 18.9 Å². The molecule has 0 aliphatic heterocycles. The molecule has 7 nitrogen and oxygen atoms in total. The fraction of sp³-hybridized carbons (Fsp3) is 0.250. The molecule has 4 amide bonds. The van der Waals surface area contributed by atoms with Gasteiger partial charge in [0.25, 0.3) is 0 Å². The van der Waals surface area contributed by atoms with Crippen LogP contribution in [0.3, 0.4) is 0 Å². The molecular weight excluding hydrogens is 344 g/mol. The number of rotatable bonds is 6. The third-order valence-corrected chi connectivity index (χ3v) is 4.11. The molecule has 0 heterocycles. The fourth-order valence-electron chi connectivity index (χ4n) is 2.81. The molecule has 2 aromatic carbocycles. The summed E-state index contributed by atoms with van der Waals surface area (Å²) in [6.07, 6.45) is 0. The average Bonchev–Trinajstić information content (AvgIpc) is 2.58. The number of nitrogens with zero attached hydrogens (tertiary/aromatic N) is 1. The lowest BCUT2D eigenvalue weighted by Gasteiger charge is -2.26. The molecule has 1 atom stereocenters. The molecule has 7 heteroatoms. The number of carbonyl (C=O) groups is 3. The van der Waals surface area contributed by atoms with Gasteiger partial charge in [0.2, 0.25) is 11.8 Å². The van der Waals surface area contributed by atoms with E-state index in [0.717, 1.165) is 16.8 Å². The summed E-state index contributed by atoms with van der Waals surface area (Å²) in [5.41, 5.74) is 8.44. The number of primary amides is 1. The van der Waals surface area contributed by atoms with Crippen LogP contribution in [0.25, 0.3) is 0 Å². The normalized spacial score (nSPS) is 11.7. The summed E-state index contributed by atoms with van der Waals surface area (Å²) < 4.78 is 0. The van der Waals surface area contributed by atoms with Crippen LogP contribution in [0.5, 0.6) is 0 Å². The first-order valence-electron chi connectivity index (χ1n) is 8.50. The number of nitrogens with one attached hydrogen (secondary N) is 2. The van der Waals surface area contributed by atoms with Crippen LogP contribution in [0.1, 0.15) is 22.7 Å². The number of likely N-dealkylation sites (N-methyl/N-ethyl adjacent to an activating group) is 1. The predicted molar refractivity (Wildman–Crippen MR) is 104 cm³/mol. The quantitative estimate of drug-likeness (QED) is 0.726. The lowest BCUT2D eigenvalue weighted by Crippen LogP contribution is -2.45. The molecule has 0 saturated heterocycles. The highest BCUT2D eigenvalue weighted by Gasteiger charge is 2.27. The number of carbonyl (C=O) groups excluding carboxylic acids is 3. The molecule has 2 aromatic rings. The van der Waals surface area contributed by atoms with Gasteiger partial charge in [0.15, 0.2) is 0 Å². The molecule has 0 spiro atoms. The maximum Gasteiger partial charge on any atom is 0.318 e. The minimum Gasteiger partial charge on any atom is -0.351 e. The molecule has 4 N–H and O–H groups in total. The summed E-state index contributed by atoms with van der Waals surface area (Å²) in [6.45, 7) is 3.81. The number of imide groups is 1. The van der Waals surface area contributed by atoms with Crippen LogP contribution in [0.2, 0.25) is 0 Å². The molecule has 0 bridgehead atoms. The second-order valence-electron chi connectivity index (χ2n) is 6.45. The van der Waals surface area contributed by atoms with Crippen LogP contribution >= 0.6 is 0 Å². The molecule has 2 rings (SSSR count). The molecule has 0 aliphatic carbocycles. The van der Waals surface area contributed by atoms with Gasteiger partial charge in [0.05, 0.1) is 6.54 Å². The van der Waals surface area contributed by atoms with E-state index in [2.05, 4.69) is 10.6 Å². The Morgan fingerprint density at radius 1 is 1.07 bits per heavy atom. The molecule has 27 heavy (non-hydrogen) atoms. The van der Waals surface area contributed by atoms with Crippen molar-refractivity contribution in [2.24, 2.45) is 5.73 Å². The van der Waals surface area contributed by atoms with Crippen molar-refractivity contribution in [1.29, 1.82) is 0 Å². The maximum absolute atomic E-state index is 12.5. The van der Waals surface area contributed by atoms with Gasteiger partial charge in [-0.3, -0.25) is 19.8 Å². The van der Waals surface area contributed by atoms with Crippen LogP contribution in [-0.2, 0) is 9.59 Å². The number of amides is 4. The molecule has 0 radical (unpaired) electrons. The summed E-state index contributed by atoms with van der Waals surface area (Å²) in [6, 6.07) is 12.9. The first-order chi connectivity index (χ1) is 12.8. The van der Waals surface area contributed by atoms with Gasteiger partial charge >= 0.3 is 6.03 Å². The number of hydrogen-bond acceptors (Lipinski definition) is 4. The van der Waals surface area contributed by atoms with Crippen molar-refractivity contribution in [1.82, 2.24) is 10.2 Å². The van der Waals surface area contributed by atoms with Gasteiger partial charge in [-0.15, -0.1) is 0 Å². The summed E-state index contributed by atoms with van der Waals surface area (Å²) in [5.74, 6) is -0.852. The monoisotopic (exact) mass is 368 g/mol. The largest absolute Gasteiger partial charge is 0.351 e. The number of anilines is 1. The van der Waals surface area contributed by atoms with E-state index in [1.807, 2.05) is 38.1 Å². The van der Waals surface area contributed by atoms with Gasteiger partial charge in [-0.25, -0.2) is 4.79 Å². The van der Waals surface area contributed by atoms with Crippen LogP contribution < -0.4 is 16.4 Å². The van der Waals surface area contributed by atoms with E-state index in [9.17, 15) is 14.4 Å². The molecule has 0 fully saturated rings. The Labute approximate surface area is 158 Å². The number of nitrogens with two attached hydrogens (primary N) is 1. The highest BCUT2D eigenvalue weighted by molar-refractivity contribution is 5.98. The maximum atomic E-state index is 12.5. The Morgan fingerprint density at radius 3 is 2.37 bits per heavy atom. The van der Waals surface area contributed by atoms with Gasteiger partial charge in [-0.05, 0) is 43.7 Å². The van der Waals surface area contributed by atoms with Crippen LogP contribution in [0.15, 0.2) is 48.5 Å². The standard InChI is InChI=1S/C20H24N4O3/c1-13-9-10-14(2)16(11-13)22-17(25)12-24(3)18(19(26)23-20(21)27)15-7-5-4-6-8-15/h4-11,18H,12H2,1-3H3,(H,22,25)(H3,21,23,26,27)/t18-/m1/s1. The van der Waals surface area contributed by atoms with E-state index < -0.39 is 18.0 Å². The van der Waals surface area contributed by atoms with E-state index in [1.54, 1.807) is 36.2 Å². The predicted octanol–water partition coefficient (Wildman–Crippen LogP) is 2.11. The molecule has 0 aliphatic rings.